The van der Waals surface area contributed by atoms with Crippen molar-refractivity contribution in [3.63, 3.8) is 0 Å². The Hall–Kier alpha value is -0.450. The first kappa shape index (κ1) is 15.9. The predicted molar refractivity (Wildman–Crippen MR) is 78.5 cm³/mol. The third-order valence-corrected chi connectivity index (χ3v) is 4.78. The maximum atomic E-state index is 13.4. The minimum atomic E-state index is -1.17. The quantitative estimate of drug-likeness (QED) is 0.438. The second-order valence-electron chi connectivity index (χ2n) is 3.73. The fraction of sp³-hybridized carbons (Fsp3) is 0. The van der Waals surface area contributed by atoms with Gasteiger partial charge in [0.25, 0.3) is 0 Å². The minimum absolute atomic E-state index is 0.0940. The zero-order chi connectivity index (χ0) is 15.2. The Kier molecular flexibility index (Phi) is 4.57. The molecule has 0 radical (unpaired) electrons. The summed E-state index contributed by atoms with van der Waals surface area (Å²) < 4.78 is 26.7. The Balaban J connectivity index is 2.91. The highest BCUT2D eigenvalue weighted by molar-refractivity contribution is 6.56. The number of rotatable bonds is 1. The van der Waals surface area contributed by atoms with Crippen LogP contribution in [0, 0.1) is 11.6 Å². The molecule has 20 heavy (non-hydrogen) atoms. The number of hydrogen-bond acceptors (Lipinski definition) is 1. The molecule has 8 heteroatoms. The summed E-state index contributed by atoms with van der Waals surface area (Å²) in [4.78, 5) is 0. The van der Waals surface area contributed by atoms with Crippen LogP contribution in [0.2, 0.25) is 25.1 Å². The van der Waals surface area contributed by atoms with Gasteiger partial charge in [0.05, 0.1) is 25.1 Å². The second-order valence-corrected chi connectivity index (χ2v) is 5.62. The standard InChI is InChI=1S/C12H3Cl5F2O/c13-7-6(8(14)10(16)11(17)9(7)15)4-1-3(18)2-5(19)12(4)20/h1-2,20H. The number of aromatic hydroxyl groups is 1. The molecule has 0 aromatic heterocycles. The maximum Gasteiger partial charge on any atom is 0.168 e. The third-order valence-electron chi connectivity index (χ3n) is 2.51. The molecule has 0 bridgehead atoms. The summed E-state index contributed by atoms with van der Waals surface area (Å²) >= 11 is 29.5. The van der Waals surface area contributed by atoms with Gasteiger partial charge in [0, 0.05) is 17.2 Å². The molecule has 0 amide bonds. The van der Waals surface area contributed by atoms with E-state index in [1.165, 1.54) is 0 Å². The molecule has 2 rings (SSSR count). The van der Waals surface area contributed by atoms with E-state index in [9.17, 15) is 13.9 Å². The van der Waals surface area contributed by atoms with Crippen molar-refractivity contribution in [3.8, 4) is 16.9 Å². The van der Waals surface area contributed by atoms with E-state index in [1.807, 2.05) is 0 Å². The van der Waals surface area contributed by atoms with Gasteiger partial charge in [0.1, 0.15) is 5.82 Å². The van der Waals surface area contributed by atoms with Crippen LogP contribution >= 0.6 is 58.0 Å². The normalized spacial score (nSPS) is 10.9. The van der Waals surface area contributed by atoms with Gasteiger partial charge in [-0.1, -0.05) is 58.0 Å². The molecule has 1 N–H and O–H groups in total. The van der Waals surface area contributed by atoms with Gasteiger partial charge in [-0.2, -0.15) is 0 Å². The van der Waals surface area contributed by atoms with Crippen molar-refractivity contribution >= 4 is 58.0 Å². The van der Waals surface area contributed by atoms with Crippen molar-refractivity contribution in [1.29, 1.82) is 0 Å². The lowest BCUT2D eigenvalue weighted by atomic mass is 10.0. The van der Waals surface area contributed by atoms with Crippen LogP contribution in [0.5, 0.6) is 5.75 Å². The molecule has 0 aliphatic rings. The molecule has 2 aromatic rings. The fourth-order valence-electron chi connectivity index (χ4n) is 1.60. The van der Waals surface area contributed by atoms with Crippen LogP contribution in [0.4, 0.5) is 8.78 Å². The lowest BCUT2D eigenvalue weighted by molar-refractivity contribution is 0.430. The fourth-order valence-corrected chi connectivity index (χ4v) is 2.94. The summed E-state index contributed by atoms with van der Waals surface area (Å²) in [5.74, 6) is -2.93. The molecule has 0 fully saturated rings. The summed E-state index contributed by atoms with van der Waals surface area (Å²) in [5.41, 5.74) is -0.387. The minimum Gasteiger partial charge on any atom is -0.504 e. The van der Waals surface area contributed by atoms with E-state index in [0.29, 0.717) is 6.07 Å². The van der Waals surface area contributed by atoms with Gasteiger partial charge in [-0.15, -0.1) is 0 Å². The number of benzene rings is 2. The van der Waals surface area contributed by atoms with Crippen molar-refractivity contribution in [2.24, 2.45) is 0 Å². The Morgan fingerprint density at radius 1 is 0.750 bits per heavy atom. The Morgan fingerprint density at radius 3 is 1.70 bits per heavy atom. The van der Waals surface area contributed by atoms with Gasteiger partial charge in [0.2, 0.25) is 0 Å². The Morgan fingerprint density at radius 2 is 1.20 bits per heavy atom. The number of phenols is 1. The summed E-state index contributed by atoms with van der Waals surface area (Å²) in [6.45, 7) is 0. The lowest BCUT2D eigenvalue weighted by Gasteiger charge is -2.14. The summed E-state index contributed by atoms with van der Waals surface area (Å²) in [7, 11) is 0. The van der Waals surface area contributed by atoms with Crippen LogP contribution < -0.4 is 0 Å². The van der Waals surface area contributed by atoms with E-state index in [-0.39, 0.29) is 36.2 Å². The average Bonchev–Trinajstić information content (AvgIpc) is 2.39. The molecule has 0 heterocycles. The molecule has 0 unspecified atom stereocenters. The summed E-state index contributed by atoms with van der Waals surface area (Å²) in [6.07, 6.45) is 0. The average molecular weight is 378 g/mol. The first-order valence-corrected chi connectivity index (χ1v) is 6.84. The SMILES string of the molecule is Oc1c(F)cc(F)cc1-c1c(Cl)c(Cl)c(Cl)c(Cl)c1Cl. The van der Waals surface area contributed by atoms with E-state index >= 15 is 0 Å². The second kappa shape index (κ2) is 5.74. The number of hydrogen-bond donors (Lipinski definition) is 1. The van der Waals surface area contributed by atoms with Gasteiger partial charge >= 0.3 is 0 Å². The smallest absolute Gasteiger partial charge is 0.168 e. The zero-order valence-electron chi connectivity index (χ0n) is 9.25. The van der Waals surface area contributed by atoms with Crippen LogP contribution in [-0.2, 0) is 0 Å². The lowest BCUT2D eigenvalue weighted by Crippen LogP contribution is -1.91. The van der Waals surface area contributed by atoms with Crippen molar-refractivity contribution in [2.45, 2.75) is 0 Å². The van der Waals surface area contributed by atoms with Crippen LogP contribution in [-0.4, -0.2) is 5.11 Å². The molecule has 0 saturated heterocycles. The highest BCUT2D eigenvalue weighted by Gasteiger charge is 2.24. The molecule has 0 spiro atoms. The van der Waals surface area contributed by atoms with E-state index in [0.717, 1.165) is 6.07 Å². The predicted octanol–water partition coefficient (Wildman–Crippen LogP) is 6.60. The molecular weight excluding hydrogens is 375 g/mol. The number of phenolic OH excluding ortho intramolecular Hbond substituents is 1. The molecule has 106 valence electrons. The van der Waals surface area contributed by atoms with E-state index in [2.05, 4.69) is 0 Å². The van der Waals surface area contributed by atoms with E-state index in [4.69, 9.17) is 58.0 Å². The van der Waals surface area contributed by atoms with Gasteiger partial charge < -0.3 is 5.11 Å². The van der Waals surface area contributed by atoms with Crippen LogP contribution in [0.3, 0.4) is 0 Å². The van der Waals surface area contributed by atoms with Crippen molar-refractivity contribution in [1.82, 2.24) is 0 Å². The number of halogens is 7. The topological polar surface area (TPSA) is 20.2 Å². The molecule has 0 aliphatic carbocycles. The molecular formula is C12H3Cl5F2O. The van der Waals surface area contributed by atoms with Crippen LogP contribution in [0.1, 0.15) is 0 Å². The monoisotopic (exact) mass is 376 g/mol. The first-order valence-electron chi connectivity index (χ1n) is 4.95. The molecule has 1 nitrogen and oxygen atoms in total. The van der Waals surface area contributed by atoms with Crippen molar-refractivity contribution in [2.75, 3.05) is 0 Å². The van der Waals surface area contributed by atoms with E-state index in [1.54, 1.807) is 0 Å². The van der Waals surface area contributed by atoms with Gasteiger partial charge in [0.15, 0.2) is 11.6 Å². The highest BCUT2D eigenvalue weighted by Crippen LogP contribution is 2.50. The molecule has 0 saturated carbocycles. The third kappa shape index (κ3) is 2.53. The first-order chi connectivity index (χ1) is 9.25. The molecule has 0 aliphatic heterocycles. The van der Waals surface area contributed by atoms with Crippen LogP contribution in [0.25, 0.3) is 11.1 Å². The Labute approximate surface area is 137 Å². The highest BCUT2D eigenvalue weighted by atomic mass is 35.5. The molecule has 0 atom stereocenters. The van der Waals surface area contributed by atoms with Crippen molar-refractivity contribution < 1.29 is 13.9 Å². The van der Waals surface area contributed by atoms with Gasteiger partial charge in [-0.05, 0) is 6.07 Å². The summed E-state index contributed by atoms with van der Waals surface area (Å²) in [6, 6.07) is 1.37. The van der Waals surface area contributed by atoms with Crippen LogP contribution in [0.15, 0.2) is 12.1 Å². The zero-order valence-corrected chi connectivity index (χ0v) is 13.0. The summed E-state index contributed by atoms with van der Waals surface area (Å²) in [5, 5.41) is 8.98. The molecule has 2 aromatic carbocycles. The van der Waals surface area contributed by atoms with Gasteiger partial charge in [-0.25, -0.2) is 8.78 Å². The van der Waals surface area contributed by atoms with Gasteiger partial charge in [-0.3, -0.25) is 0 Å². The van der Waals surface area contributed by atoms with Crippen molar-refractivity contribution in [3.05, 3.63) is 48.9 Å². The van der Waals surface area contributed by atoms with E-state index < -0.39 is 17.4 Å². The maximum absolute atomic E-state index is 13.4. The largest absolute Gasteiger partial charge is 0.504 e. The Bertz CT molecular complexity index is 689.